The molecule has 10 aromatic rings. The molecule has 0 aliphatic carbocycles. The summed E-state index contributed by atoms with van der Waals surface area (Å²) in [4.78, 5) is 10.7. The molecule has 10 rings (SSSR count). The van der Waals surface area contributed by atoms with Crippen LogP contribution in [0.1, 0.15) is 78.0 Å². The third kappa shape index (κ3) is 7.78. The third-order valence-electron chi connectivity index (χ3n) is 13.0. The van der Waals surface area contributed by atoms with Crippen molar-refractivity contribution in [3.05, 3.63) is 193 Å². The first-order chi connectivity index (χ1) is 31.2. The maximum absolute atomic E-state index is 11.8. The Kier molecular flexibility index (Phi) is 10.3. The molecule has 0 unspecified atom stereocenters. The highest BCUT2D eigenvalue weighted by atomic mass is 16.3. The van der Waals surface area contributed by atoms with E-state index in [1.165, 1.54) is 32.8 Å². The Morgan fingerprint density at radius 3 is 1.80 bits per heavy atom. The van der Waals surface area contributed by atoms with Gasteiger partial charge in [0.2, 0.25) is 0 Å². The molecule has 0 radical (unpaired) electrons. The lowest BCUT2D eigenvalue weighted by Gasteiger charge is -2.21. The van der Waals surface area contributed by atoms with Crippen molar-refractivity contribution in [3.8, 4) is 67.3 Å². The SMILES string of the molecule is CC(C)c1ccnc2c(-c3cccc(-c4cc(-c5ccc6ccccc6c5)cc5c4nc(-c4cc(C(C)(C)C)ccc4O)n5-c4ccc(C(C)(C)C)cc4)c3)cc(-c3ccccc3)cc12. The molecule has 0 aliphatic rings. The number of hydrogen-bond donors (Lipinski definition) is 1. The first-order valence-corrected chi connectivity index (χ1v) is 22.8. The lowest BCUT2D eigenvalue weighted by atomic mass is 9.86. The number of pyridine rings is 1. The second kappa shape index (κ2) is 16.0. The average Bonchev–Trinajstić information content (AvgIpc) is 3.69. The zero-order valence-corrected chi connectivity index (χ0v) is 38.6. The molecule has 0 spiro atoms. The van der Waals surface area contributed by atoms with Crippen LogP contribution in [0.5, 0.6) is 5.75 Å². The lowest BCUT2D eigenvalue weighted by molar-refractivity contribution is 0.475. The van der Waals surface area contributed by atoms with E-state index in [1.54, 1.807) is 0 Å². The molecule has 1 N–H and O–H groups in total. The Labute approximate surface area is 382 Å². The van der Waals surface area contributed by atoms with Crippen LogP contribution in [-0.4, -0.2) is 19.6 Å². The summed E-state index contributed by atoms with van der Waals surface area (Å²) in [5, 5.41) is 15.3. The van der Waals surface area contributed by atoms with Crippen molar-refractivity contribution in [3.63, 3.8) is 0 Å². The molecule has 320 valence electrons. The van der Waals surface area contributed by atoms with Crippen LogP contribution in [0.3, 0.4) is 0 Å². The Balaban J connectivity index is 1.27. The van der Waals surface area contributed by atoms with Crippen LogP contribution in [0.25, 0.3) is 94.3 Å². The topological polar surface area (TPSA) is 50.9 Å². The molecule has 0 saturated carbocycles. The molecule has 0 saturated heterocycles. The highest BCUT2D eigenvalue weighted by Crippen LogP contribution is 2.44. The quantitative estimate of drug-likeness (QED) is 0.174. The molecule has 0 amide bonds. The number of benzene rings is 8. The minimum absolute atomic E-state index is 0.0169. The summed E-state index contributed by atoms with van der Waals surface area (Å²) in [5.41, 5.74) is 16.7. The number of nitrogens with zero attached hydrogens (tertiary/aromatic N) is 3. The van der Waals surface area contributed by atoms with E-state index in [2.05, 4.69) is 218 Å². The normalized spacial score (nSPS) is 12.2. The van der Waals surface area contributed by atoms with E-state index in [4.69, 9.17) is 9.97 Å². The van der Waals surface area contributed by atoms with E-state index in [0.717, 1.165) is 66.7 Å². The van der Waals surface area contributed by atoms with Gasteiger partial charge in [0.1, 0.15) is 11.6 Å². The predicted molar refractivity (Wildman–Crippen MR) is 274 cm³/mol. The Morgan fingerprint density at radius 2 is 1.11 bits per heavy atom. The first-order valence-electron chi connectivity index (χ1n) is 22.8. The van der Waals surface area contributed by atoms with Gasteiger partial charge in [-0.2, -0.15) is 0 Å². The number of phenols is 1. The summed E-state index contributed by atoms with van der Waals surface area (Å²) in [6, 6.07) is 60.9. The first kappa shape index (κ1) is 41.7. The summed E-state index contributed by atoms with van der Waals surface area (Å²) in [5.74, 6) is 1.21. The van der Waals surface area contributed by atoms with Crippen molar-refractivity contribution >= 4 is 32.7 Å². The van der Waals surface area contributed by atoms with Gasteiger partial charge in [0.05, 0.1) is 22.1 Å². The number of aromatic nitrogens is 3. The standard InChI is InChI=1S/C61H55N3O/c1-38(2)50-29-30-62-57-51(33-45(35-53(50)57)39-15-10-9-11-16-39)43-19-14-20-44(32-43)52-34-46(42-22-21-40-17-12-13-18-41(40)31-42)36-55-58(52)63-59(54-37-48(61(6,7)8)25-28-56(54)65)64(55)49-26-23-47(24-27-49)60(3,4)5/h9-38,65H,1-8H3. The van der Waals surface area contributed by atoms with Gasteiger partial charge in [-0.1, -0.05) is 159 Å². The second-order valence-electron chi connectivity index (χ2n) is 19.9. The highest BCUT2D eigenvalue weighted by Gasteiger charge is 2.25. The summed E-state index contributed by atoms with van der Waals surface area (Å²) in [6.45, 7) is 17.8. The van der Waals surface area contributed by atoms with Crippen molar-refractivity contribution in [1.82, 2.24) is 14.5 Å². The minimum atomic E-state index is -0.144. The summed E-state index contributed by atoms with van der Waals surface area (Å²) in [6.07, 6.45) is 1.95. The van der Waals surface area contributed by atoms with Crippen LogP contribution < -0.4 is 0 Å². The number of fused-ring (bicyclic) bond motifs is 3. The Morgan fingerprint density at radius 1 is 0.477 bits per heavy atom. The average molecular weight is 846 g/mol. The molecule has 0 fully saturated rings. The van der Waals surface area contributed by atoms with Gasteiger partial charge in [0, 0.05) is 28.4 Å². The summed E-state index contributed by atoms with van der Waals surface area (Å²) >= 11 is 0. The molecular weight excluding hydrogens is 791 g/mol. The van der Waals surface area contributed by atoms with Gasteiger partial charge in [0.25, 0.3) is 0 Å². The fourth-order valence-corrected chi connectivity index (χ4v) is 9.32. The molecule has 8 aromatic carbocycles. The number of imidazole rings is 1. The minimum Gasteiger partial charge on any atom is -0.507 e. The Bertz CT molecular complexity index is 3420. The molecule has 0 bridgehead atoms. The summed E-state index contributed by atoms with van der Waals surface area (Å²) < 4.78 is 2.25. The summed E-state index contributed by atoms with van der Waals surface area (Å²) in [7, 11) is 0. The maximum atomic E-state index is 11.8. The van der Waals surface area contributed by atoms with Gasteiger partial charge in [-0.05, 0) is 144 Å². The fourth-order valence-electron chi connectivity index (χ4n) is 9.32. The van der Waals surface area contributed by atoms with Crippen LogP contribution >= 0.6 is 0 Å². The van der Waals surface area contributed by atoms with E-state index in [-0.39, 0.29) is 16.6 Å². The monoisotopic (exact) mass is 845 g/mol. The second-order valence-corrected chi connectivity index (χ2v) is 19.9. The molecule has 0 atom stereocenters. The molecule has 4 heteroatoms. The van der Waals surface area contributed by atoms with E-state index in [1.807, 2.05) is 18.3 Å². The smallest absolute Gasteiger partial charge is 0.149 e. The van der Waals surface area contributed by atoms with Crippen LogP contribution in [0, 0.1) is 0 Å². The van der Waals surface area contributed by atoms with Gasteiger partial charge in [-0.15, -0.1) is 0 Å². The van der Waals surface area contributed by atoms with Gasteiger partial charge in [-0.3, -0.25) is 9.55 Å². The third-order valence-corrected chi connectivity index (χ3v) is 13.0. The van der Waals surface area contributed by atoms with Gasteiger partial charge < -0.3 is 5.11 Å². The molecule has 2 aromatic heterocycles. The zero-order chi connectivity index (χ0) is 45.2. The van der Waals surface area contributed by atoms with E-state index < -0.39 is 0 Å². The number of rotatable bonds is 7. The van der Waals surface area contributed by atoms with Crippen LogP contribution in [0.2, 0.25) is 0 Å². The van der Waals surface area contributed by atoms with Crippen molar-refractivity contribution in [2.75, 3.05) is 0 Å². The molecule has 4 nitrogen and oxygen atoms in total. The molecular formula is C61H55N3O. The van der Waals surface area contributed by atoms with Crippen LogP contribution in [0.15, 0.2) is 176 Å². The fraction of sp³-hybridized carbons (Fsp3) is 0.180. The van der Waals surface area contributed by atoms with Gasteiger partial charge in [-0.25, -0.2) is 4.98 Å². The predicted octanol–water partition coefficient (Wildman–Crippen LogP) is 16.5. The van der Waals surface area contributed by atoms with Gasteiger partial charge in [0.15, 0.2) is 0 Å². The van der Waals surface area contributed by atoms with Crippen LogP contribution in [0.4, 0.5) is 0 Å². The van der Waals surface area contributed by atoms with Crippen molar-refractivity contribution in [2.24, 2.45) is 0 Å². The van der Waals surface area contributed by atoms with E-state index >= 15 is 0 Å². The number of aromatic hydroxyl groups is 1. The number of hydrogen-bond acceptors (Lipinski definition) is 3. The maximum Gasteiger partial charge on any atom is 0.149 e. The highest BCUT2D eigenvalue weighted by molar-refractivity contribution is 6.03. The van der Waals surface area contributed by atoms with E-state index in [9.17, 15) is 5.11 Å². The van der Waals surface area contributed by atoms with E-state index in [0.29, 0.717) is 17.3 Å². The van der Waals surface area contributed by atoms with Gasteiger partial charge >= 0.3 is 0 Å². The van der Waals surface area contributed by atoms with Crippen molar-refractivity contribution in [1.29, 1.82) is 0 Å². The largest absolute Gasteiger partial charge is 0.507 e. The molecule has 65 heavy (non-hydrogen) atoms. The molecule has 2 heterocycles. The molecule has 0 aliphatic heterocycles. The van der Waals surface area contributed by atoms with Crippen LogP contribution in [-0.2, 0) is 10.8 Å². The zero-order valence-electron chi connectivity index (χ0n) is 38.6. The van der Waals surface area contributed by atoms with Crippen molar-refractivity contribution in [2.45, 2.75) is 72.1 Å². The van der Waals surface area contributed by atoms with Crippen molar-refractivity contribution < 1.29 is 5.11 Å². The Hall–Kier alpha value is -7.30. The number of phenolic OH excluding ortho intramolecular Hbond substituents is 1. The lowest BCUT2D eigenvalue weighted by Crippen LogP contribution is -2.11.